The highest BCUT2D eigenvalue weighted by Gasteiger charge is 2.33. The van der Waals surface area contributed by atoms with E-state index in [1.807, 2.05) is 6.92 Å². The van der Waals surface area contributed by atoms with E-state index in [4.69, 9.17) is 0 Å². The van der Waals surface area contributed by atoms with Crippen molar-refractivity contribution >= 4 is 23.2 Å². The summed E-state index contributed by atoms with van der Waals surface area (Å²) < 4.78 is 0. The molecule has 1 fully saturated rings. The van der Waals surface area contributed by atoms with E-state index in [1.54, 1.807) is 17.0 Å². The van der Waals surface area contributed by atoms with Crippen molar-refractivity contribution in [1.29, 1.82) is 0 Å². The first-order valence-corrected chi connectivity index (χ1v) is 8.58. The number of nitro benzene ring substituents is 1. The Bertz CT molecular complexity index is 618. The van der Waals surface area contributed by atoms with Crippen LogP contribution in [0.5, 0.6) is 0 Å². The van der Waals surface area contributed by atoms with Gasteiger partial charge < -0.3 is 15.5 Å². The van der Waals surface area contributed by atoms with Gasteiger partial charge in [0.15, 0.2) is 0 Å². The van der Waals surface area contributed by atoms with Crippen molar-refractivity contribution in [3.63, 3.8) is 0 Å². The molecule has 1 aliphatic heterocycles. The molecule has 0 saturated carbocycles. The van der Waals surface area contributed by atoms with Gasteiger partial charge in [-0.3, -0.25) is 19.7 Å². The molecule has 25 heavy (non-hydrogen) atoms. The number of carbonyl (C=O) groups is 2. The Labute approximate surface area is 146 Å². The van der Waals surface area contributed by atoms with Crippen LogP contribution in [-0.4, -0.2) is 47.3 Å². The number of hydrogen-bond acceptors (Lipinski definition) is 5. The SMILES string of the molecule is CCCC(=O)N1CCC[C@H]1C(=O)NCCNc1ccc([N+](=O)[O-])cc1. The van der Waals surface area contributed by atoms with Crippen LogP contribution in [0.1, 0.15) is 32.6 Å². The summed E-state index contributed by atoms with van der Waals surface area (Å²) in [6, 6.07) is 5.75. The van der Waals surface area contributed by atoms with Crippen molar-refractivity contribution in [2.75, 3.05) is 25.0 Å². The summed E-state index contributed by atoms with van der Waals surface area (Å²) in [6.45, 7) is 3.52. The minimum absolute atomic E-state index is 0.0388. The van der Waals surface area contributed by atoms with E-state index >= 15 is 0 Å². The summed E-state index contributed by atoms with van der Waals surface area (Å²) in [7, 11) is 0. The minimum atomic E-state index is -0.447. The highest BCUT2D eigenvalue weighted by atomic mass is 16.6. The first-order chi connectivity index (χ1) is 12.0. The molecule has 0 spiro atoms. The molecule has 1 heterocycles. The van der Waals surface area contributed by atoms with Crippen LogP contribution < -0.4 is 10.6 Å². The summed E-state index contributed by atoms with van der Waals surface area (Å²) in [5, 5.41) is 16.5. The third-order valence-electron chi connectivity index (χ3n) is 4.17. The second-order valence-electron chi connectivity index (χ2n) is 6.02. The molecule has 1 aromatic carbocycles. The van der Waals surface area contributed by atoms with E-state index in [1.165, 1.54) is 12.1 Å². The molecule has 0 aliphatic carbocycles. The Hall–Kier alpha value is -2.64. The van der Waals surface area contributed by atoms with Gasteiger partial charge in [-0.25, -0.2) is 0 Å². The summed E-state index contributed by atoms with van der Waals surface area (Å²) in [5.41, 5.74) is 0.789. The summed E-state index contributed by atoms with van der Waals surface area (Å²) in [6.07, 6.45) is 2.82. The Morgan fingerprint density at radius 1 is 1.28 bits per heavy atom. The van der Waals surface area contributed by atoms with Crippen molar-refractivity contribution in [2.24, 2.45) is 0 Å². The van der Waals surface area contributed by atoms with E-state index in [0.717, 1.165) is 18.5 Å². The van der Waals surface area contributed by atoms with Crippen LogP contribution in [0.2, 0.25) is 0 Å². The van der Waals surface area contributed by atoms with Crippen LogP contribution in [0, 0.1) is 10.1 Å². The fourth-order valence-electron chi connectivity index (χ4n) is 2.91. The molecule has 8 nitrogen and oxygen atoms in total. The van der Waals surface area contributed by atoms with Crippen LogP contribution in [-0.2, 0) is 9.59 Å². The molecule has 8 heteroatoms. The topological polar surface area (TPSA) is 105 Å². The standard InChI is InChI=1S/C17H24N4O4/c1-2-4-16(22)20-12-3-5-15(20)17(23)19-11-10-18-13-6-8-14(9-7-13)21(24)25/h6-9,15,18H,2-5,10-12H2,1H3,(H,19,23)/t15-/m0/s1. The van der Waals surface area contributed by atoms with Gasteiger partial charge in [-0.2, -0.15) is 0 Å². The number of nitro groups is 1. The van der Waals surface area contributed by atoms with E-state index in [-0.39, 0.29) is 23.5 Å². The van der Waals surface area contributed by atoms with Gasteiger partial charge in [0.05, 0.1) is 4.92 Å². The molecular weight excluding hydrogens is 324 g/mol. The van der Waals surface area contributed by atoms with Gasteiger partial charge in [0, 0.05) is 43.9 Å². The number of nitrogens with zero attached hydrogens (tertiary/aromatic N) is 2. The van der Waals surface area contributed by atoms with Crippen LogP contribution in [0.25, 0.3) is 0 Å². The predicted octanol–water partition coefficient (Wildman–Crippen LogP) is 1.91. The maximum atomic E-state index is 12.3. The third kappa shape index (κ3) is 5.17. The Morgan fingerprint density at radius 3 is 2.64 bits per heavy atom. The quantitative estimate of drug-likeness (QED) is 0.424. The zero-order valence-electron chi connectivity index (χ0n) is 14.4. The number of rotatable bonds is 8. The first-order valence-electron chi connectivity index (χ1n) is 8.58. The van der Waals surface area contributed by atoms with E-state index in [2.05, 4.69) is 10.6 Å². The molecule has 0 bridgehead atoms. The number of non-ortho nitro benzene ring substituents is 1. The molecule has 2 N–H and O–H groups in total. The maximum absolute atomic E-state index is 12.3. The van der Waals surface area contributed by atoms with Crippen molar-refractivity contribution in [3.8, 4) is 0 Å². The molecule has 2 rings (SSSR count). The lowest BCUT2D eigenvalue weighted by Gasteiger charge is -2.24. The van der Waals surface area contributed by atoms with E-state index in [9.17, 15) is 19.7 Å². The highest BCUT2D eigenvalue weighted by molar-refractivity contribution is 5.88. The Kier molecular flexibility index (Phi) is 6.73. The minimum Gasteiger partial charge on any atom is -0.383 e. The number of anilines is 1. The zero-order chi connectivity index (χ0) is 18.2. The lowest BCUT2D eigenvalue weighted by molar-refractivity contribution is -0.384. The molecular formula is C17H24N4O4. The molecule has 1 atom stereocenters. The fourth-order valence-corrected chi connectivity index (χ4v) is 2.91. The Morgan fingerprint density at radius 2 is 2.00 bits per heavy atom. The fraction of sp³-hybridized carbons (Fsp3) is 0.529. The molecule has 0 radical (unpaired) electrons. The first kappa shape index (κ1) is 18.7. The predicted molar refractivity (Wildman–Crippen MR) is 94.2 cm³/mol. The average Bonchev–Trinajstić information content (AvgIpc) is 3.09. The van der Waals surface area contributed by atoms with Gasteiger partial charge in [-0.15, -0.1) is 0 Å². The summed E-state index contributed by atoms with van der Waals surface area (Å²) in [4.78, 5) is 36.2. The zero-order valence-corrected chi connectivity index (χ0v) is 14.4. The highest BCUT2D eigenvalue weighted by Crippen LogP contribution is 2.19. The second-order valence-corrected chi connectivity index (χ2v) is 6.02. The number of nitrogens with one attached hydrogen (secondary N) is 2. The van der Waals surface area contributed by atoms with E-state index in [0.29, 0.717) is 32.5 Å². The summed E-state index contributed by atoms with van der Waals surface area (Å²) >= 11 is 0. The maximum Gasteiger partial charge on any atom is 0.269 e. The molecule has 136 valence electrons. The van der Waals surface area contributed by atoms with Crippen LogP contribution in [0.15, 0.2) is 24.3 Å². The van der Waals surface area contributed by atoms with Crippen molar-refractivity contribution in [2.45, 2.75) is 38.6 Å². The number of likely N-dealkylation sites (tertiary alicyclic amines) is 1. The lowest BCUT2D eigenvalue weighted by atomic mass is 10.2. The molecule has 1 aromatic rings. The number of carbonyl (C=O) groups excluding carboxylic acids is 2. The van der Waals surface area contributed by atoms with Gasteiger partial charge >= 0.3 is 0 Å². The van der Waals surface area contributed by atoms with Gasteiger partial charge in [-0.05, 0) is 31.4 Å². The normalized spacial score (nSPS) is 16.5. The number of hydrogen-bond donors (Lipinski definition) is 2. The van der Waals surface area contributed by atoms with Gasteiger partial charge in [0.2, 0.25) is 11.8 Å². The van der Waals surface area contributed by atoms with Gasteiger partial charge in [0.25, 0.3) is 5.69 Å². The molecule has 1 aliphatic rings. The monoisotopic (exact) mass is 348 g/mol. The average molecular weight is 348 g/mol. The largest absolute Gasteiger partial charge is 0.383 e. The summed E-state index contributed by atoms with van der Waals surface area (Å²) in [5.74, 6) is -0.0726. The lowest BCUT2D eigenvalue weighted by Crippen LogP contribution is -2.46. The molecule has 1 saturated heterocycles. The van der Waals surface area contributed by atoms with Crippen molar-refractivity contribution in [1.82, 2.24) is 10.2 Å². The smallest absolute Gasteiger partial charge is 0.269 e. The third-order valence-corrected chi connectivity index (χ3v) is 4.17. The molecule has 0 unspecified atom stereocenters. The van der Waals surface area contributed by atoms with Crippen LogP contribution >= 0.6 is 0 Å². The van der Waals surface area contributed by atoms with Crippen LogP contribution in [0.4, 0.5) is 11.4 Å². The van der Waals surface area contributed by atoms with Crippen LogP contribution in [0.3, 0.4) is 0 Å². The van der Waals surface area contributed by atoms with Crippen molar-refractivity contribution < 1.29 is 14.5 Å². The molecule has 2 amide bonds. The second kappa shape index (κ2) is 9.00. The Balaban J connectivity index is 1.74. The number of benzene rings is 1. The van der Waals surface area contributed by atoms with Gasteiger partial charge in [0.1, 0.15) is 6.04 Å². The van der Waals surface area contributed by atoms with Crippen molar-refractivity contribution in [3.05, 3.63) is 34.4 Å². The van der Waals surface area contributed by atoms with Gasteiger partial charge in [-0.1, -0.05) is 6.92 Å². The van der Waals surface area contributed by atoms with E-state index < -0.39 is 4.92 Å². The number of amides is 2. The molecule has 0 aromatic heterocycles.